The third kappa shape index (κ3) is 4.16. The van der Waals surface area contributed by atoms with Gasteiger partial charge in [0.15, 0.2) is 0 Å². The zero-order valence-corrected chi connectivity index (χ0v) is 14.4. The summed E-state index contributed by atoms with van der Waals surface area (Å²) in [6.45, 7) is 5.95. The molecule has 0 aliphatic heterocycles. The van der Waals surface area contributed by atoms with Gasteiger partial charge in [-0.15, -0.1) is 11.3 Å². The van der Waals surface area contributed by atoms with Gasteiger partial charge in [-0.1, -0.05) is 26.7 Å². The number of hydrogen-bond donors (Lipinski definition) is 0. The summed E-state index contributed by atoms with van der Waals surface area (Å²) in [6, 6.07) is 0. The van der Waals surface area contributed by atoms with Crippen molar-refractivity contribution in [2.45, 2.75) is 39.5 Å². The Labute approximate surface area is 136 Å². The quantitative estimate of drug-likeness (QED) is 0.747. The SMILES string of the molecule is CCCCN(CCCC)C(=O)c1cnc(-c2cnn(C)c2)s1. The number of thiazole rings is 1. The lowest BCUT2D eigenvalue weighted by Gasteiger charge is -2.21. The van der Waals surface area contributed by atoms with Crippen LogP contribution in [0.1, 0.15) is 49.2 Å². The Morgan fingerprint density at radius 2 is 1.91 bits per heavy atom. The molecule has 0 radical (unpaired) electrons. The second-order valence-corrected chi connectivity index (χ2v) is 6.46. The molecule has 0 bridgehead atoms. The van der Waals surface area contributed by atoms with E-state index in [1.54, 1.807) is 17.1 Å². The maximum Gasteiger partial charge on any atom is 0.265 e. The van der Waals surface area contributed by atoms with Crippen LogP contribution in [0, 0.1) is 0 Å². The zero-order valence-electron chi connectivity index (χ0n) is 13.6. The molecule has 2 rings (SSSR count). The third-order valence-corrected chi connectivity index (χ3v) is 4.55. The first kappa shape index (κ1) is 16.7. The van der Waals surface area contributed by atoms with Crippen LogP contribution in [0.25, 0.3) is 10.6 Å². The lowest BCUT2D eigenvalue weighted by molar-refractivity contribution is 0.0755. The molecular formula is C16H24N4OS. The van der Waals surface area contributed by atoms with E-state index in [0.29, 0.717) is 4.88 Å². The molecule has 0 aliphatic carbocycles. The first-order valence-corrected chi connectivity index (χ1v) is 8.71. The Balaban J connectivity index is 2.11. The predicted octanol–water partition coefficient (Wildman–Crippen LogP) is 3.59. The Morgan fingerprint density at radius 3 is 2.45 bits per heavy atom. The molecule has 0 spiro atoms. The maximum absolute atomic E-state index is 12.7. The molecule has 22 heavy (non-hydrogen) atoms. The van der Waals surface area contributed by atoms with Gasteiger partial charge in [0.25, 0.3) is 5.91 Å². The fourth-order valence-electron chi connectivity index (χ4n) is 2.21. The van der Waals surface area contributed by atoms with Crippen molar-refractivity contribution in [1.29, 1.82) is 0 Å². The summed E-state index contributed by atoms with van der Waals surface area (Å²) in [6.07, 6.45) is 9.67. The maximum atomic E-state index is 12.7. The average molecular weight is 320 g/mol. The molecule has 120 valence electrons. The largest absolute Gasteiger partial charge is 0.338 e. The molecule has 0 saturated carbocycles. The van der Waals surface area contributed by atoms with E-state index in [-0.39, 0.29) is 5.91 Å². The molecule has 0 saturated heterocycles. The molecule has 0 aliphatic rings. The molecule has 0 atom stereocenters. The summed E-state index contributed by atoms with van der Waals surface area (Å²) in [5.74, 6) is 0.106. The predicted molar refractivity (Wildman–Crippen MR) is 90.0 cm³/mol. The van der Waals surface area contributed by atoms with Crippen LogP contribution in [0.4, 0.5) is 0 Å². The normalized spacial score (nSPS) is 10.9. The number of nitrogens with zero attached hydrogens (tertiary/aromatic N) is 4. The van der Waals surface area contributed by atoms with E-state index >= 15 is 0 Å². The highest BCUT2D eigenvalue weighted by atomic mass is 32.1. The Morgan fingerprint density at radius 1 is 1.23 bits per heavy atom. The number of hydrogen-bond acceptors (Lipinski definition) is 4. The number of aryl methyl sites for hydroxylation is 1. The number of carbonyl (C=O) groups excluding carboxylic acids is 1. The van der Waals surface area contributed by atoms with E-state index in [0.717, 1.165) is 49.3 Å². The molecule has 2 heterocycles. The first-order chi connectivity index (χ1) is 10.7. The van der Waals surface area contributed by atoms with Crippen molar-refractivity contribution in [1.82, 2.24) is 19.7 Å². The van der Waals surface area contributed by atoms with Gasteiger partial charge in [-0.25, -0.2) is 4.98 Å². The van der Waals surface area contributed by atoms with Crippen LogP contribution in [0.3, 0.4) is 0 Å². The van der Waals surface area contributed by atoms with E-state index in [9.17, 15) is 4.79 Å². The fourth-order valence-corrected chi connectivity index (χ4v) is 3.07. The van der Waals surface area contributed by atoms with Crippen molar-refractivity contribution >= 4 is 17.2 Å². The highest BCUT2D eigenvalue weighted by Gasteiger charge is 2.18. The lowest BCUT2D eigenvalue weighted by Crippen LogP contribution is -2.32. The number of amides is 1. The van der Waals surface area contributed by atoms with Crippen LogP contribution in [0.5, 0.6) is 0 Å². The molecule has 2 aromatic heterocycles. The van der Waals surface area contributed by atoms with Crippen LogP contribution < -0.4 is 0 Å². The molecule has 0 fully saturated rings. The monoisotopic (exact) mass is 320 g/mol. The molecule has 1 amide bonds. The van der Waals surface area contributed by atoms with Gasteiger partial charge >= 0.3 is 0 Å². The number of carbonyl (C=O) groups is 1. The summed E-state index contributed by atoms with van der Waals surface area (Å²) < 4.78 is 1.74. The van der Waals surface area contributed by atoms with Crippen molar-refractivity contribution in [3.05, 3.63) is 23.5 Å². The Hall–Kier alpha value is -1.69. The van der Waals surface area contributed by atoms with Crippen molar-refractivity contribution in [3.63, 3.8) is 0 Å². The van der Waals surface area contributed by atoms with Crippen molar-refractivity contribution in [3.8, 4) is 10.6 Å². The van der Waals surface area contributed by atoms with E-state index < -0.39 is 0 Å². The van der Waals surface area contributed by atoms with Gasteiger partial charge in [-0.3, -0.25) is 9.48 Å². The van der Waals surface area contributed by atoms with Crippen LogP contribution in [0.2, 0.25) is 0 Å². The Kier molecular flexibility index (Phi) is 6.12. The molecule has 6 heteroatoms. The molecule has 2 aromatic rings. The summed E-state index contributed by atoms with van der Waals surface area (Å²) >= 11 is 1.45. The van der Waals surface area contributed by atoms with Crippen LogP contribution in [-0.4, -0.2) is 38.7 Å². The second-order valence-electron chi connectivity index (χ2n) is 5.43. The smallest absolute Gasteiger partial charge is 0.265 e. The average Bonchev–Trinajstić information content (AvgIpc) is 3.15. The van der Waals surface area contributed by atoms with Crippen LogP contribution in [0.15, 0.2) is 18.6 Å². The molecule has 0 aromatic carbocycles. The van der Waals surface area contributed by atoms with Crippen molar-refractivity contribution in [2.24, 2.45) is 7.05 Å². The minimum atomic E-state index is 0.106. The minimum absolute atomic E-state index is 0.106. The fraction of sp³-hybridized carbons (Fsp3) is 0.562. The lowest BCUT2D eigenvalue weighted by atomic mass is 10.2. The third-order valence-electron chi connectivity index (χ3n) is 3.52. The van der Waals surface area contributed by atoms with Crippen LogP contribution >= 0.6 is 11.3 Å². The van der Waals surface area contributed by atoms with Gasteiger partial charge in [-0.2, -0.15) is 5.10 Å². The van der Waals surface area contributed by atoms with Crippen molar-refractivity contribution in [2.75, 3.05) is 13.1 Å². The van der Waals surface area contributed by atoms with Gasteiger partial charge in [-0.05, 0) is 12.8 Å². The highest BCUT2D eigenvalue weighted by Crippen LogP contribution is 2.25. The van der Waals surface area contributed by atoms with Gasteiger partial charge in [0.05, 0.1) is 12.4 Å². The molecular weight excluding hydrogens is 296 g/mol. The summed E-state index contributed by atoms with van der Waals surface area (Å²) in [5.41, 5.74) is 0.959. The number of rotatable bonds is 8. The summed E-state index contributed by atoms with van der Waals surface area (Å²) in [4.78, 5) is 19.7. The summed E-state index contributed by atoms with van der Waals surface area (Å²) in [5, 5.41) is 5.00. The molecule has 0 unspecified atom stereocenters. The van der Waals surface area contributed by atoms with Gasteiger partial charge in [0.2, 0.25) is 0 Å². The van der Waals surface area contributed by atoms with Gasteiger partial charge in [0, 0.05) is 31.9 Å². The first-order valence-electron chi connectivity index (χ1n) is 7.89. The van der Waals surface area contributed by atoms with E-state index in [1.165, 1.54) is 11.3 Å². The molecule has 5 nitrogen and oxygen atoms in total. The number of unbranched alkanes of at least 4 members (excludes halogenated alkanes) is 2. The topological polar surface area (TPSA) is 51.0 Å². The molecule has 0 N–H and O–H groups in total. The van der Waals surface area contributed by atoms with Gasteiger partial charge in [0.1, 0.15) is 9.88 Å². The van der Waals surface area contributed by atoms with Crippen molar-refractivity contribution < 1.29 is 4.79 Å². The number of aromatic nitrogens is 3. The van der Waals surface area contributed by atoms with E-state index in [2.05, 4.69) is 23.9 Å². The van der Waals surface area contributed by atoms with Crippen LogP contribution in [-0.2, 0) is 7.05 Å². The summed E-state index contributed by atoms with van der Waals surface area (Å²) in [7, 11) is 1.88. The highest BCUT2D eigenvalue weighted by molar-refractivity contribution is 7.16. The second kappa shape index (κ2) is 8.08. The van der Waals surface area contributed by atoms with E-state index in [1.807, 2.05) is 18.1 Å². The zero-order chi connectivity index (χ0) is 15.9. The minimum Gasteiger partial charge on any atom is -0.338 e. The van der Waals surface area contributed by atoms with Gasteiger partial charge < -0.3 is 4.90 Å². The van der Waals surface area contributed by atoms with E-state index in [4.69, 9.17) is 0 Å². The standard InChI is InChI=1S/C16H24N4OS/c1-4-6-8-20(9-7-5-2)16(21)14-11-17-15(22-14)13-10-18-19(3)12-13/h10-12H,4-9H2,1-3H3. The Bertz CT molecular complexity index is 597.